The molecular formula is C20H24N2O3. The highest BCUT2D eigenvalue weighted by Crippen LogP contribution is 2.19. The normalized spacial score (nSPS) is 12.9. The minimum Gasteiger partial charge on any atom is -0.465 e. The summed E-state index contributed by atoms with van der Waals surface area (Å²) >= 11 is 0. The fourth-order valence-corrected chi connectivity index (χ4v) is 2.54. The van der Waals surface area contributed by atoms with Gasteiger partial charge in [-0.2, -0.15) is 0 Å². The van der Waals surface area contributed by atoms with Gasteiger partial charge < -0.3 is 15.8 Å². The van der Waals surface area contributed by atoms with E-state index in [0.717, 1.165) is 11.1 Å². The van der Waals surface area contributed by atoms with Crippen LogP contribution in [0.25, 0.3) is 0 Å². The summed E-state index contributed by atoms with van der Waals surface area (Å²) in [6, 6.07) is 16.4. The number of methoxy groups -OCH3 is 1. The van der Waals surface area contributed by atoms with E-state index >= 15 is 0 Å². The van der Waals surface area contributed by atoms with Gasteiger partial charge in [-0.15, -0.1) is 0 Å². The molecule has 0 saturated carbocycles. The molecule has 3 N–H and O–H groups in total. The molecule has 2 unspecified atom stereocenters. The van der Waals surface area contributed by atoms with Crippen molar-refractivity contribution >= 4 is 11.9 Å². The van der Waals surface area contributed by atoms with E-state index in [1.807, 2.05) is 49.4 Å². The SMILES string of the molecule is COC(=O)c1ccc(CCNC(=O)C(C)C(N)c2ccccc2)cc1. The van der Waals surface area contributed by atoms with Crippen LogP contribution in [0.5, 0.6) is 0 Å². The molecular weight excluding hydrogens is 316 g/mol. The molecule has 0 aromatic heterocycles. The van der Waals surface area contributed by atoms with Gasteiger partial charge in [0.15, 0.2) is 0 Å². The Balaban J connectivity index is 1.82. The molecule has 5 heteroatoms. The second-order valence-electron chi connectivity index (χ2n) is 5.95. The van der Waals surface area contributed by atoms with Gasteiger partial charge >= 0.3 is 5.97 Å². The number of esters is 1. The van der Waals surface area contributed by atoms with Crippen molar-refractivity contribution in [1.82, 2.24) is 5.32 Å². The molecule has 25 heavy (non-hydrogen) atoms. The van der Waals surface area contributed by atoms with Crippen molar-refractivity contribution in [3.63, 3.8) is 0 Å². The molecule has 2 rings (SSSR count). The lowest BCUT2D eigenvalue weighted by atomic mass is 9.94. The Labute approximate surface area is 148 Å². The smallest absolute Gasteiger partial charge is 0.337 e. The first kappa shape index (κ1) is 18.7. The van der Waals surface area contributed by atoms with Gasteiger partial charge in [0.1, 0.15) is 0 Å². The number of nitrogens with two attached hydrogens (primary N) is 1. The maximum Gasteiger partial charge on any atom is 0.337 e. The van der Waals surface area contributed by atoms with Gasteiger partial charge in [-0.1, -0.05) is 49.4 Å². The molecule has 2 atom stereocenters. The third-order valence-corrected chi connectivity index (χ3v) is 4.22. The molecule has 2 aromatic carbocycles. The summed E-state index contributed by atoms with van der Waals surface area (Å²) in [5, 5.41) is 2.92. The average molecular weight is 340 g/mol. The molecule has 0 bridgehead atoms. The number of hydrogen-bond donors (Lipinski definition) is 2. The monoisotopic (exact) mass is 340 g/mol. The summed E-state index contributed by atoms with van der Waals surface area (Å²) in [5.41, 5.74) is 8.67. The Morgan fingerprint density at radius 3 is 2.32 bits per heavy atom. The highest BCUT2D eigenvalue weighted by molar-refractivity contribution is 5.89. The van der Waals surface area contributed by atoms with Gasteiger partial charge in [-0.25, -0.2) is 4.79 Å². The highest BCUT2D eigenvalue weighted by Gasteiger charge is 2.21. The van der Waals surface area contributed by atoms with E-state index in [0.29, 0.717) is 18.5 Å². The first-order valence-electron chi connectivity index (χ1n) is 8.28. The summed E-state index contributed by atoms with van der Waals surface area (Å²) in [6.07, 6.45) is 0.681. The third kappa shape index (κ3) is 5.16. The first-order valence-corrected chi connectivity index (χ1v) is 8.28. The van der Waals surface area contributed by atoms with Crippen LogP contribution in [0, 0.1) is 5.92 Å². The second kappa shape index (κ2) is 8.99. The van der Waals surface area contributed by atoms with Crippen LogP contribution < -0.4 is 11.1 Å². The van der Waals surface area contributed by atoms with E-state index in [1.165, 1.54) is 7.11 Å². The van der Waals surface area contributed by atoms with Gasteiger partial charge in [0.05, 0.1) is 18.6 Å². The number of ether oxygens (including phenoxy) is 1. The fraction of sp³-hybridized carbons (Fsp3) is 0.300. The standard InChI is InChI=1S/C20H24N2O3/c1-14(18(21)16-6-4-3-5-7-16)19(23)22-13-12-15-8-10-17(11-9-15)20(24)25-2/h3-11,14,18H,12-13,21H2,1-2H3,(H,22,23). The van der Waals surface area contributed by atoms with Crippen LogP contribution >= 0.6 is 0 Å². The molecule has 0 fully saturated rings. The van der Waals surface area contributed by atoms with Crippen molar-refractivity contribution < 1.29 is 14.3 Å². The Morgan fingerprint density at radius 1 is 1.08 bits per heavy atom. The van der Waals surface area contributed by atoms with Gasteiger partial charge in [0, 0.05) is 12.6 Å². The summed E-state index contributed by atoms with van der Waals surface area (Å²) in [5.74, 6) is -0.741. The molecule has 0 aliphatic rings. The lowest BCUT2D eigenvalue weighted by Crippen LogP contribution is -2.36. The molecule has 5 nitrogen and oxygen atoms in total. The van der Waals surface area contributed by atoms with Crippen LogP contribution in [0.1, 0.15) is 34.5 Å². The fourth-order valence-electron chi connectivity index (χ4n) is 2.54. The molecule has 0 aliphatic carbocycles. The Bertz CT molecular complexity index is 699. The summed E-state index contributed by atoms with van der Waals surface area (Å²) in [6.45, 7) is 2.35. The third-order valence-electron chi connectivity index (χ3n) is 4.22. The largest absolute Gasteiger partial charge is 0.465 e. The molecule has 0 spiro atoms. The minimum atomic E-state index is -0.358. The van der Waals surface area contributed by atoms with Crippen molar-refractivity contribution in [3.05, 3.63) is 71.3 Å². The van der Waals surface area contributed by atoms with Crippen LogP contribution in [0.2, 0.25) is 0 Å². The highest BCUT2D eigenvalue weighted by atomic mass is 16.5. The van der Waals surface area contributed by atoms with Gasteiger partial charge in [-0.05, 0) is 29.7 Å². The predicted octanol–water partition coefficient (Wildman–Crippen LogP) is 2.47. The number of rotatable bonds is 7. The quantitative estimate of drug-likeness (QED) is 0.759. The van der Waals surface area contributed by atoms with Crippen LogP contribution in [0.4, 0.5) is 0 Å². The molecule has 0 saturated heterocycles. The second-order valence-corrected chi connectivity index (χ2v) is 5.95. The molecule has 0 aliphatic heterocycles. The summed E-state index contributed by atoms with van der Waals surface area (Å²) in [7, 11) is 1.35. The zero-order valence-electron chi connectivity index (χ0n) is 14.6. The van der Waals surface area contributed by atoms with E-state index in [4.69, 9.17) is 5.73 Å². The van der Waals surface area contributed by atoms with Crippen LogP contribution in [0.3, 0.4) is 0 Å². The summed E-state index contributed by atoms with van der Waals surface area (Å²) in [4.78, 5) is 23.7. The van der Waals surface area contributed by atoms with Crippen molar-refractivity contribution in [2.45, 2.75) is 19.4 Å². The van der Waals surface area contributed by atoms with E-state index in [2.05, 4.69) is 10.1 Å². The Hall–Kier alpha value is -2.66. The van der Waals surface area contributed by atoms with Crippen LogP contribution in [0.15, 0.2) is 54.6 Å². The van der Waals surface area contributed by atoms with E-state index < -0.39 is 0 Å². The zero-order valence-corrected chi connectivity index (χ0v) is 14.6. The summed E-state index contributed by atoms with van der Waals surface area (Å²) < 4.78 is 4.67. The first-order chi connectivity index (χ1) is 12.0. The van der Waals surface area contributed by atoms with Crippen molar-refractivity contribution in [2.24, 2.45) is 11.7 Å². The van der Waals surface area contributed by atoms with Crippen molar-refractivity contribution in [2.75, 3.05) is 13.7 Å². The molecule has 0 radical (unpaired) electrons. The Kier molecular flexibility index (Phi) is 6.71. The van der Waals surface area contributed by atoms with E-state index in [1.54, 1.807) is 12.1 Å². The predicted molar refractivity (Wildman–Crippen MR) is 97.0 cm³/mol. The van der Waals surface area contributed by atoms with Crippen LogP contribution in [-0.4, -0.2) is 25.5 Å². The maximum absolute atomic E-state index is 12.3. The number of hydrogen-bond acceptors (Lipinski definition) is 4. The number of benzene rings is 2. The van der Waals surface area contributed by atoms with Gasteiger partial charge in [-0.3, -0.25) is 4.79 Å². The molecule has 0 heterocycles. The van der Waals surface area contributed by atoms with Gasteiger partial charge in [0.2, 0.25) is 5.91 Å². The van der Waals surface area contributed by atoms with Crippen molar-refractivity contribution in [1.29, 1.82) is 0 Å². The number of carbonyl (C=O) groups excluding carboxylic acids is 2. The average Bonchev–Trinajstić information content (AvgIpc) is 2.67. The van der Waals surface area contributed by atoms with Crippen LogP contribution in [-0.2, 0) is 16.0 Å². The zero-order chi connectivity index (χ0) is 18.2. The van der Waals surface area contributed by atoms with Gasteiger partial charge in [0.25, 0.3) is 0 Å². The van der Waals surface area contributed by atoms with E-state index in [-0.39, 0.29) is 23.8 Å². The molecule has 132 valence electrons. The van der Waals surface area contributed by atoms with Crippen molar-refractivity contribution in [3.8, 4) is 0 Å². The van der Waals surface area contributed by atoms with E-state index in [9.17, 15) is 9.59 Å². The Morgan fingerprint density at radius 2 is 1.72 bits per heavy atom. The molecule has 1 amide bonds. The number of amides is 1. The minimum absolute atomic E-state index is 0.0671. The topological polar surface area (TPSA) is 81.4 Å². The lowest BCUT2D eigenvalue weighted by molar-refractivity contribution is -0.125. The molecule has 2 aromatic rings. The number of nitrogens with one attached hydrogen (secondary N) is 1. The maximum atomic E-state index is 12.3. The number of carbonyl (C=O) groups is 2. The lowest BCUT2D eigenvalue weighted by Gasteiger charge is -2.19.